The summed E-state index contributed by atoms with van der Waals surface area (Å²) in [5, 5.41) is 0. The summed E-state index contributed by atoms with van der Waals surface area (Å²) < 4.78 is 0. The Morgan fingerprint density at radius 1 is 1.43 bits per heavy atom. The molecule has 0 aliphatic heterocycles. The van der Waals surface area contributed by atoms with Gasteiger partial charge in [0.05, 0.1) is 0 Å². The molecule has 0 aromatic rings. The van der Waals surface area contributed by atoms with E-state index in [0.29, 0.717) is 0 Å². The largest absolute Gasteiger partial charge is 2.00 e. The van der Waals surface area contributed by atoms with Gasteiger partial charge < -0.3 is 7.43 Å². The van der Waals surface area contributed by atoms with E-state index in [2.05, 4.69) is 0 Å². The molecule has 0 heterocycles. The SMILES string of the molecule is [CH-]=CC=CC.[CH3-].[Mn+2]. The second-order valence-electron chi connectivity index (χ2n) is 0.718. The number of rotatable bonds is 1. The van der Waals surface area contributed by atoms with Gasteiger partial charge in [0, 0.05) is 0 Å². The van der Waals surface area contributed by atoms with E-state index < -0.39 is 0 Å². The Kier molecular flexibility index (Phi) is 37.5. The summed E-state index contributed by atoms with van der Waals surface area (Å²) in [6.07, 6.45) is 5.15. The van der Waals surface area contributed by atoms with Crippen molar-refractivity contribution >= 4 is 0 Å². The van der Waals surface area contributed by atoms with Gasteiger partial charge in [-0.3, -0.25) is 6.58 Å². The van der Waals surface area contributed by atoms with Gasteiger partial charge in [0.1, 0.15) is 0 Å². The van der Waals surface area contributed by atoms with Crippen molar-refractivity contribution in [3.63, 3.8) is 0 Å². The van der Waals surface area contributed by atoms with Crippen LogP contribution < -0.4 is 0 Å². The third-order valence-electron chi connectivity index (χ3n) is 0.304. The minimum atomic E-state index is 0. The van der Waals surface area contributed by atoms with Crippen LogP contribution in [0.15, 0.2) is 18.2 Å². The Morgan fingerprint density at radius 3 is 1.86 bits per heavy atom. The zero-order chi connectivity index (χ0) is 4.12. The first-order valence-electron chi connectivity index (χ1n) is 1.58. The Labute approximate surface area is 56.8 Å². The van der Waals surface area contributed by atoms with Gasteiger partial charge in [0.15, 0.2) is 0 Å². The molecule has 0 rings (SSSR count). The second kappa shape index (κ2) is 16.7. The van der Waals surface area contributed by atoms with Crippen LogP contribution in [0.3, 0.4) is 0 Å². The molecule has 0 bridgehead atoms. The molecule has 0 amide bonds. The van der Waals surface area contributed by atoms with Crippen LogP contribution in [-0.2, 0) is 17.1 Å². The molecule has 0 unspecified atom stereocenters. The molecule has 41 valence electrons. The summed E-state index contributed by atoms with van der Waals surface area (Å²) in [5.41, 5.74) is 0. The van der Waals surface area contributed by atoms with Crippen LogP contribution in [0, 0.1) is 14.0 Å². The fourth-order valence-corrected chi connectivity index (χ4v) is 0.111. The van der Waals surface area contributed by atoms with Crippen molar-refractivity contribution in [2.75, 3.05) is 0 Å². The number of hydrogen-bond donors (Lipinski definition) is 0. The predicted octanol–water partition coefficient (Wildman–Crippen LogP) is 2.00. The van der Waals surface area contributed by atoms with Crippen molar-refractivity contribution in [3.05, 3.63) is 32.2 Å². The van der Waals surface area contributed by atoms with Crippen LogP contribution in [0.1, 0.15) is 6.92 Å². The van der Waals surface area contributed by atoms with Gasteiger partial charge in [-0.1, -0.05) is 6.92 Å². The molecular formula is C6H10Mn. The van der Waals surface area contributed by atoms with E-state index >= 15 is 0 Å². The van der Waals surface area contributed by atoms with Crippen LogP contribution in [0.25, 0.3) is 0 Å². The third kappa shape index (κ3) is 24.0. The molecule has 1 radical (unpaired) electrons. The first-order valence-corrected chi connectivity index (χ1v) is 1.58. The smallest absolute Gasteiger partial charge is 0.358 e. The minimum absolute atomic E-state index is 0. The average Bonchev–Trinajstić information content (AvgIpc) is 1.41. The molecule has 1 heteroatoms. The topological polar surface area (TPSA) is 0 Å². The maximum atomic E-state index is 4.93. The second-order valence-corrected chi connectivity index (χ2v) is 0.718. The molecule has 0 aromatic heterocycles. The zero-order valence-electron chi connectivity index (χ0n) is 4.69. The maximum Gasteiger partial charge on any atom is 2.00 e. The van der Waals surface area contributed by atoms with Gasteiger partial charge in [0.25, 0.3) is 0 Å². The summed E-state index contributed by atoms with van der Waals surface area (Å²) in [5.74, 6) is 0. The van der Waals surface area contributed by atoms with Crippen molar-refractivity contribution in [1.29, 1.82) is 0 Å². The summed E-state index contributed by atoms with van der Waals surface area (Å²) in [7, 11) is 0. The molecule has 0 spiro atoms. The molecule has 0 aliphatic carbocycles. The Balaban J connectivity index is -0.0000000800. The Bertz CT molecular complexity index is 46.1. The first-order chi connectivity index (χ1) is 2.41. The van der Waals surface area contributed by atoms with Crippen molar-refractivity contribution in [2.24, 2.45) is 0 Å². The molecule has 0 fully saturated rings. The monoisotopic (exact) mass is 137 g/mol. The zero-order valence-corrected chi connectivity index (χ0v) is 5.87. The molecule has 0 saturated carbocycles. The van der Waals surface area contributed by atoms with E-state index in [1.54, 1.807) is 6.08 Å². The predicted molar refractivity (Wildman–Crippen MR) is 30.1 cm³/mol. The quantitative estimate of drug-likeness (QED) is 0.294. The molecule has 0 saturated heterocycles. The van der Waals surface area contributed by atoms with Gasteiger partial charge in [-0.05, 0) is 0 Å². The molecule has 0 aliphatic rings. The summed E-state index contributed by atoms with van der Waals surface area (Å²) >= 11 is 0. The minimum Gasteiger partial charge on any atom is -0.358 e. The summed E-state index contributed by atoms with van der Waals surface area (Å²) in [4.78, 5) is 0. The van der Waals surface area contributed by atoms with Gasteiger partial charge in [-0.15, -0.1) is 0 Å². The fraction of sp³-hybridized carbons (Fsp3) is 0.167. The van der Waals surface area contributed by atoms with Crippen LogP contribution in [0.5, 0.6) is 0 Å². The first kappa shape index (κ1) is 15.8. The Morgan fingerprint density at radius 2 is 1.86 bits per heavy atom. The van der Waals surface area contributed by atoms with E-state index in [1.807, 2.05) is 13.0 Å². The number of hydrogen-bond acceptors (Lipinski definition) is 0. The van der Waals surface area contributed by atoms with Crippen LogP contribution in [0.4, 0.5) is 0 Å². The van der Waals surface area contributed by atoms with Crippen molar-refractivity contribution < 1.29 is 17.1 Å². The average molecular weight is 137 g/mol. The third-order valence-corrected chi connectivity index (χ3v) is 0.304. The Hall–Kier alpha value is -0.000519. The molecular weight excluding hydrogens is 127 g/mol. The van der Waals surface area contributed by atoms with Crippen LogP contribution >= 0.6 is 0 Å². The van der Waals surface area contributed by atoms with Gasteiger partial charge >= 0.3 is 17.1 Å². The van der Waals surface area contributed by atoms with E-state index in [4.69, 9.17) is 6.58 Å². The van der Waals surface area contributed by atoms with Gasteiger partial charge in [-0.25, -0.2) is 12.2 Å². The van der Waals surface area contributed by atoms with Crippen molar-refractivity contribution in [1.82, 2.24) is 0 Å². The van der Waals surface area contributed by atoms with Gasteiger partial charge in [-0.2, -0.15) is 6.08 Å². The fourth-order valence-electron chi connectivity index (χ4n) is 0.111. The molecule has 0 atom stereocenters. The molecule has 7 heavy (non-hydrogen) atoms. The van der Waals surface area contributed by atoms with E-state index in [-0.39, 0.29) is 24.5 Å². The normalized spacial score (nSPS) is 6.43. The summed E-state index contributed by atoms with van der Waals surface area (Å²) in [6.45, 7) is 6.85. The molecule has 0 aromatic carbocycles. The number of allylic oxidation sites excluding steroid dienone is 3. The van der Waals surface area contributed by atoms with E-state index in [1.165, 1.54) is 6.08 Å². The van der Waals surface area contributed by atoms with Gasteiger partial charge in [0.2, 0.25) is 0 Å². The van der Waals surface area contributed by atoms with Crippen LogP contribution in [-0.4, -0.2) is 0 Å². The van der Waals surface area contributed by atoms with Crippen LogP contribution in [0.2, 0.25) is 0 Å². The van der Waals surface area contributed by atoms with Crippen molar-refractivity contribution in [2.45, 2.75) is 6.92 Å². The summed E-state index contributed by atoms with van der Waals surface area (Å²) in [6, 6.07) is 0. The van der Waals surface area contributed by atoms with Crippen molar-refractivity contribution in [3.8, 4) is 0 Å². The van der Waals surface area contributed by atoms with E-state index in [9.17, 15) is 0 Å². The van der Waals surface area contributed by atoms with E-state index in [0.717, 1.165) is 0 Å². The molecule has 0 nitrogen and oxygen atoms in total. The molecule has 0 N–H and O–H groups in total. The maximum absolute atomic E-state index is 4.93. The standard InChI is InChI=1S/C5H7.CH3.Mn/c1-3-5-4-2;;/h1,3-5H,2H3;1H3;/q2*-1;+2.